The maximum Gasteiger partial charge on any atom is 0.182 e. The second-order valence-corrected chi connectivity index (χ2v) is 8.86. The number of methoxy groups -OCH3 is 1. The first-order valence-corrected chi connectivity index (χ1v) is 8.67. The summed E-state index contributed by atoms with van der Waals surface area (Å²) in [4.78, 5) is 0. The van der Waals surface area contributed by atoms with E-state index in [1.165, 1.54) is 25.7 Å². The van der Waals surface area contributed by atoms with Crippen LogP contribution in [0.2, 0.25) is 0 Å². The van der Waals surface area contributed by atoms with Crippen molar-refractivity contribution in [1.82, 2.24) is 0 Å². The van der Waals surface area contributed by atoms with E-state index in [-0.39, 0.29) is 18.0 Å². The monoisotopic (exact) mass is 294 g/mol. The van der Waals surface area contributed by atoms with Crippen LogP contribution in [-0.2, 0) is 14.2 Å². The molecule has 3 heteroatoms. The summed E-state index contributed by atoms with van der Waals surface area (Å²) >= 11 is 0. The fourth-order valence-electron chi connectivity index (χ4n) is 6.86. The highest BCUT2D eigenvalue weighted by molar-refractivity contribution is 5.21. The van der Waals surface area contributed by atoms with Gasteiger partial charge in [0.15, 0.2) is 6.29 Å². The van der Waals surface area contributed by atoms with Gasteiger partial charge < -0.3 is 14.2 Å². The van der Waals surface area contributed by atoms with E-state index >= 15 is 0 Å². The standard InChI is InChI=1S/C18H30O3/c1-11-6-7-12-16(2,3)13-8-18(11,12)9-14-17(13,4)21-15(20-14)10-19-5/h11-15H,6-10H2,1-5H3. The second kappa shape index (κ2) is 4.24. The molecule has 1 heterocycles. The Labute approximate surface area is 128 Å². The Balaban J connectivity index is 1.72. The molecule has 4 fully saturated rings. The minimum absolute atomic E-state index is 0.123. The van der Waals surface area contributed by atoms with Crippen molar-refractivity contribution >= 4 is 0 Å². The molecule has 0 aromatic carbocycles. The molecule has 0 aromatic heterocycles. The van der Waals surface area contributed by atoms with Crippen LogP contribution < -0.4 is 0 Å². The second-order valence-electron chi connectivity index (χ2n) is 8.86. The Morgan fingerprint density at radius 3 is 2.57 bits per heavy atom. The smallest absolute Gasteiger partial charge is 0.182 e. The van der Waals surface area contributed by atoms with Gasteiger partial charge in [-0.25, -0.2) is 0 Å². The molecular weight excluding hydrogens is 264 g/mol. The zero-order valence-electron chi connectivity index (χ0n) is 14.1. The van der Waals surface area contributed by atoms with Crippen molar-refractivity contribution < 1.29 is 14.2 Å². The lowest BCUT2D eigenvalue weighted by molar-refractivity contribution is -0.140. The van der Waals surface area contributed by atoms with E-state index in [2.05, 4.69) is 27.7 Å². The summed E-state index contributed by atoms with van der Waals surface area (Å²) in [6.07, 6.45) is 5.40. The predicted molar refractivity (Wildman–Crippen MR) is 80.9 cm³/mol. The Kier molecular flexibility index (Phi) is 2.92. The molecule has 1 spiro atoms. The van der Waals surface area contributed by atoms with Gasteiger partial charge in [-0.05, 0) is 61.2 Å². The first kappa shape index (κ1) is 14.5. The van der Waals surface area contributed by atoms with Crippen molar-refractivity contribution in [2.45, 2.75) is 71.4 Å². The molecule has 7 unspecified atom stereocenters. The third kappa shape index (κ3) is 1.61. The molecule has 21 heavy (non-hydrogen) atoms. The fourth-order valence-corrected chi connectivity index (χ4v) is 6.86. The molecule has 120 valence electrons. The van der Waals surface area contributed by atoms with Crippen LogP contribution >= 0.6 is 0 Å². The quantitative estimate of drug-likeness (QED) is 0.778. The maximum absolute atomic E-state index is 6.41. The van der Waals surface area contributed by atoms with E-state index in [1.54, 1.807) is 7.11 Å². The maximum atomic E-state index is 6.41. The average Bonchev–Trinajstić information content (AvgIpc) is 2.95. The summed E-state index contributed by atoms with van der Waals surface area (Å²) in [6.45, 7) is 10.3. The first-order valence-electron chi connectivity index (χ1n) is 8.67. The summed E-state index contributed by atoms with van der Waals surface area (Å²) in [7, 11) is 1.72. The van der Waals surface area contributed by atoms with Crippen LogP contribution in [0.3, 0.4) is 0 Å². The topological polar surface area (TPSA) is 27.7 Å². The summed E-state index contributed by atoms with van der Waals surface area (Å²) in [5.74, 6) is 2.29. The van der Waals surface area contributed by atoms with Crippen molar-refractivity contribution in [3.8, 4) is 0 Å². The highest BCUT2D eigenvalue weighted by Crippen LogP contribution is 2.74. The Morgan fingerprint density at radius 1 is 1.10 bits per heavy atom. The van der Waals surface area contributed by atoms with E-state index in [9.17, 15) is 0 Å². The minimum Gasteiger partial charge on any atom is -0.379 e. The number of fused-ring (bicyclic) bond motifs is 3. The molecule has 4 rings (SSSR count). The van der Waals surface area contributed by atoms with Gasteiger partial charge in [-0.3, -0.25) is 0 Å². The zero-order chi connectivity index (χ0) is 15.0. The zero-order valence-corrected chi connectivity index (χ0v) is 14.1. The Hall–Kier alpha value is -0.120. The third-order valence-corrected chi connectivity index (χ3v) is 7.84. The lowest BCUT2D eigenvalue weighted by atomic mass is 9.63. The molecule has 3 saturated carbocycles. The van der Waals surface area contributed by atoms with E-state index in [0.717, 1.165) is 11.8 Å². The van der Waals surface area contributed by atoms with Crippen molar-refractivity contribution in [2.24, 2.45) is 28.6 Å². The van der Waals surface area contributed by atoms with Crippen LogP contribution in [0.25, 0.3) is 0 Å². The molecule has 4 aliphatic rings. The molecule has 1 saturated heterocycles. The number of ether oxygens (including phenoxy) is 3. The van der Waals surface area contributed by atoms with E-state index in [1.807, 2.05) is 0 Å². The highest BCUT2D eigenvalue weighted by atomic mass is 16.8. The Morgan fingerprint density at radius 2 is 1.86 bits per heavy atom. The molecule has 0 N–H and O–H groups in total. The highest BCUT2D eigenvalue weighted by Gasteiger charge is 2.73. The van der Waals surface area contributed by atoms with E-state index in [4.69, 9.17) is 14.2 Å². The predicted octanol–water partition coefficient (Wildman–Crippen LogP) is 3.62. The van der Waals surface area contributed by atoms with Gasteiger partial charge in [0.1, 0.15) is 0 Å². The molecular formula is C18H30O3. The first-order chi connectivity index (χ1) is 9.84. The summed E-state index contributed by atoms with van der Waals surface area (Å²) in [6, 6.07) is 0. The van der Waals surface area contributed by atoms with Crippen molar-refractivity contribution in [1.29, 1.82) is 0 Å². The lowest BCUT2D eigenvalue weighted by Gasteiger charge is -2.47. The van der Waals surface area contributed by atoms with Crippen LogP contribution in [0.15, 0.2) is 0 Å². The summed E-state index contributed by atoms with van der Waals surface area (Å²) < 4.78 is 18.0. The number of rotatable bonds is 2. The van der Waals surface area contributed by atoms with Gasteiger partial charge in [0.25, 0.3) is 0 Å². The minimum atomic E-state index is -0.174. The summed E-state index contributed by atoms with van der Waals surface area (Å²) in [5, 5.41) is 0. The third-order valence-electron chi connectivity index (χ3n) is 7.84. The van der Waals surface area contributed by atoms with E-state index < -0.39 is 0 Å². The molecule has 1 aliphatic heterocycles. The summed E-state index contributed by atoms with van der Waals surface area (Å²) in [5.41, 5.74) is 0.741. The average molecular weight is 294 g/mol. The molecule has 0 aromatic rings. The van der Waals surface area contributed by atoms with Gasteiger partial charge in [0, 0.05) is 7.11 Å². The molecule has 0 amide bonds. The molecule has 0 radical (unpaired) electrons. The van der Waals surface area contributed by atoms with Gasteiger partial charge in [-0.2, -0.15) is 0 Å². The van der Waals surface area contributed by atoms with Crippen molar-refractivity contribution in [3.63, 3.8) is 0 Å². The molecule has 3 aliphatic carbocycles. The molecule has 2 bridgehead atoms. The number of hydrogen-bond donors (Lipinski definition) is 0. The van der Waals surface area contributed by atoms with Gasteiger partial charge in [-0.1, -0.05) is 20.8 Å². The van der Waals surface area contributed by atoms with Crippen LogP contribution in [-0.4, -0.2) is 31.7 Å². The van der Waals surface area contributed by atoms with Crippen LogP contribution in [0.5, 0.6) is 0 Å². The molecule has 3 nitrogen and oxygen atoms in total. The van der Waals surface area contributed by atoms with Crippen molar-refractivity contribution in [3.05, 3.63) is 0 Å². The SMILES string of the molecule is COCC1OC2CC34CC(C(C)(C)C3CCC4C)C2(C)O1. The normalized spacial score (nSPS) is 57.3. The van der Waals surface area contributed by atoms with Gasteiger partial charge in [-0.15, -0.1) is 0 Å². The van der Waals surface area contributed by atoms with Gasteiger partial charge in [0.05, 0.1) is 18.3 Å². The van der Waals surface area contributed by atoms with Crippen LogP contribution in [0, 0.1) is 28.6 Å². The molecule has 7 atom stereocenters. The lowest BCUT2D eigenvalue weighted by Crippen LogP contribution is -2.52. The Bertz CT molecular complexity index is 448. The largest absolute Gasteiger partial charge is 0.379 e. The van der Waals surface area contributed by atoms with Gasteiger partial charge >= 0.3 is 0 Å². The van der Waals surface area contributed by atoms with E-state index in [0.29, 0.717) is 23.4 Å². The van der Waals surface area contributed by atoms with Crippen LogP contribution in [0.1, 0.15) is 53.4 Å². The number of hydrogen-bond acceptors (Lipinski definition) is 3. The van der Waals surface area contributed by atoms with Crippen molar-refractivity contribution in [2.75, 3.05) is 13.7 Å². The van der Waals surface area contributed by atoms with Crippen LogP contribution in [0.4, 0.5) is 0 Å². The fraction of sp³-hybridized carbons (Fsp3) is 1.00. The van der Waals surface area contributed by atoms with Gasteiger partial charge in [0.2, 0.25) is 0 Å².